The molecular formula is C6H11OS. The summed E-state index contributed by atoms with van der Waals surface area (Å²) in [5.41, 5.74) is -0.312. The first kappa shape index (κ1) is 8.05. The zero-order chi connectivity index (χ0) is 6.41. The van der Waals surface area contributed by atoms with Gasteiger partial charge < -0.3 is 5.11 Å². The van der Waals surface area contributed by atoms with Crippen LogP contribution in [-0.2, 0) is 0 Å². The summed E-state index contributed by atoms with van der Waals surface area (Å²) in [6, 6.07) is 0. The van der Waals surface area contributed by atoms with Crippen molar-refractivity contribution in [3.05, 3.63) is 19.6 Å². The van der Waals surface area contributed by atoms with Gasteiger partial charge in [0.25, 0.3) is 0 Å². The minimum absolute atomic E-state index is 0.312. The quantitative estimate of drug-likeness (QED) is 0.460. The summed E-state index contributed by atoms with van der Waals surface area (Å²) in [6.07, 6.45) is 2.34. The molecule has 0 heterocycles. The van der Waals surface area contributed by atoms with Crippen LogP contribution in [0.15, 0.2) is 12.7 Å². The highest BCUT2D eigenvalue weighted by Crippen LogP contribution is 2.09. The summed E-state index contributed by atoms with van der Waals surface area (Å²) in [6.45, 7) is 7.05. The molecule has 0 aromatic heterocycles. The van der Waals surface area contributed by atoms with E-state index >= 15 is 0 Å². The van der Waals surface area contributed by atoms with Crippen LogP contribution in [0.2, 0.25) is 0 Å². The molecule has 0 aliphatic carbocycles. The van der Waals surface area contributed by atoms with Gasteiger partial charge in [-0.25, -0.2) is 0 Å². The van der Waals surface area contributed by atoms with Crippen LogP contribution in [0.25, 0.3) is 0 Å². The Bertz CT molecular complexity index is 63.5. The fourth-order valence-electron chi connectivity index (χ4n) is 0.262. The first-order chi connectivity index (χ1) is 3.81. The number of aliphatic hydroxyl groups excluding tert-OH is 1. The molecule has 0 fully saturated rings. The van der Waals surface area contributed by atoms with E-state index in [1.54, 1.807) is 6.08 Å². The van der Waals surface area contributed by atoms with E-state index in [0.717, 1.165) is 5.75 Å². The largest absolute Gasteiger partial charge is 0.382 e. The topological polar surface area (TPSA) is 20.2 Å². The van der Waals surface area contributed by atoms with E-state index in [0.29, 0.717) is 6.42 Å². The maximum absolute atomic E-state index is 8.84. The van der Waals surface area contributed by atoms with Gasteiger partial charge in [0.15, 0.2) is 0 Å². The standard InChI is InChI=1S/C6H11OS/c1-3-5-8-6(7)4-2/h3,6-7H,1-2,4-5H2. The Morgan fingerprint density at radius 2 is 2.38 bits per heavy atom. The normalized spacial score (nSPS) is 13.2. The van der Waals surface area contributed by atoms with E-state index in [2.05, 4.69) is 13.5 Å². The van der Waals surface area contributed by atoms with Crippen LogP contribution in [0.1, 0.15) is 6.42 Å². The van der Waals surface area contributed by atoms with Crippen molar-refractivity contribution in [1.82, 2.24) is 0 Å². The van der Waals surface area contributed by atoms with Gasteiger partial charge in [-0.15, -0.1) is 18.3 Å². The number of hydrogen-bond acceptors (Lipinski definition) is 2. The van der Waals surface area contributed by atoms with Gasteiger partial charge in [-0.3, -0.25) is 0 Å². The van der Waals surface area contributed by atoms with Crippen molar-refractivity contribution in [2.75, 3.05) is 5.75 Å². The molecule has 2 heteroatoms. The molecule has 0 aliphatic heterocycles. The van der Waals surface area contributed by atoms with Crippen molar-refractivity contribution in [1.29, 1.82) is 0 Å². The van der Waals surface area contributed by atoms with E-state index < -0.39 is 0 Å². The lowest BCUT2D eigenvalue weighted by atomic mass is 10.5. The van der Waals surface area contributed by atoms with Gasteiger partial charge in [-0.1, -0.05) is 6.08 Å². The lowest BCUT2D eigenvalue weighted by Crippen LogP contribution is -1.97. The zero-order valence-corrected chi connectivity index (χ0v) is 5.66. The van der Waals surface area contributed by atoms with Crippen molar-refractivity contribution < 1.29 is 5.11 Å². The van der Waals surface area contributed by atoms with Crippen LogP contribution in [0.5, 0.6) is 0 Å². The van der Waals surface area contributed by atoms with E-state index in [1.807, 2.05) is 0 Å². The number of thioether (sulfide) groups is 1. The van der Waals surface area contributed by atoms with Crippen LogP contribution < -0.4 is 0 Å². The highest BCUT2D eigenvalue weighted by atomic mass is 32.2. The van der Waals surface area contributed by atoms with Gasteiger partial charge >= 0.3 is 0 Å². The molecule has 0 amide bonds. The molecule has 0 aromatic rings. The van der Waals surface area contributed by atoms with Crippen LogP contribution in [0.4, 0.5) is 0 Å². The molecule has 1 nitrogen and oxygen atoms in total. The highest BCUT2D eigenvalue weighted by molar-refractivity contribution is 7.99. The average molecular weight is 131 g/mol. The third-order valence-corrected chi connectivity index (χ3v) is 1.70. The molecule has 0 aliphatic rings. The van der Waals surface area contributed by atoms with Gasteiger partial charge in [0.05, 0.1) is 5.44 Å². The van der Waals surface area contributed by atoms with Crippen molar-refractivity contribution in [3.63, 3.8) is 0 Å². The molecule has 1 atom stereocenters. The molecule has 47 valence electrons. The SMILES string of the molecule is [CH2]CC(O)SCC=C. The van der Waals surface area contributed by atoms with Crippen molar-refractivity contribution >= 4 is 11.8 Å². The third-order valence-electron chi connectivity index (χ3n) is 0.653. The van der Waals surface area contributed by atoms with Gasteiger partial charge in [-0.2, -0.15) is 0 Å². The Morgan fingerprint density at radius 3 is 2.75 bits per heavy atom. The lowest BCUT2D eigenvalue weighted by Gasteiger charge is -2.02. The molecule has 0 bridgehead atoms. The minimum Gasteiger partial charge on any atom is -0.382 e. The molecule has 8 heavy (non-hydrogen) atoms. The van der Waals surface area contributed by atoms with Crippen molar-refractivity contribution in [2.24, 2.45) is 0 Å². The first-order valence-electron chi connectivity index (χ1n) is 2.51. The highest BCUT2D eigenvalue weighted by Gasteiger charge is 1.95. The van der Waals surface area contributed by atoms with E-state index in [9.17, 15) is 0 Å². The monoisotopic (exact) mass is 131 g/mol. The average Bonchev–Trinajstić information content (AvgIpc) is 1.83. The van der Waals surface area contributed by atoms with Crippen molar-refractivity contribution in [3.8, 4) is 0 Å². The summed E-state index contributed by atoms with van der Waals surface area (Å²) < 4.78 is 0. The first-order valence-corrected chi connectivity index (χ1v) is 3.56. The van der Waals surface area contributed by atoms with E-state index in [-0.39, 0.29) is 5.44 Å². The molecule has 0 spiro atoms. The Hall–Kier alpha value is 0.0500. The van der Waals surface area contributed by atoms with Gasteiger partial charge in [-0.05, 0) is 13.3 Å². The third kappa shape index (κ3) is 4.22. The molecule has 0 saturated heterocycles. The molecule has 0 rings (SSSR count). The predicted octanol–water partition coefficient (Wildman–Crippen LogP) is 1.45. The van der Waals surface area contributed by atoms with Crippen LogP contribution in [0, 0.1) is 6.92 Å². The Balaban J connectivity index is 2.97. The molecule has 1 N–H and O–H groups in total. The summed E-state index contributed by atoms with van der Waals surface area (Å²) in [7, 11) is 0. The summed E-state index contributed by atoms with van der Waals surface area (Å²) >= 11 is 1.45. The second-order valence-electron chi connectivity index (χ2n) is 1.37. The molecule has 1 radical (unpaired) electrons. The minimum atomic E-state index is -0.312. The Morgan fingerprint density at radius 1 is 1.75 bits per heavy atom. The molecule has 0 aromatic carbocycles. The van der Waals surface area contributed by atoms with E-state index in [1.165, 1.54) is 11.8 Å². The van der Waals surface area contributed by atoms with Crippen LogP contribution >= 0.6 is 11.8 Å². The molecule has 1 unspecified atom stereocenters. The predicted molar refractivity (Wildman–Crippen MR) is 38.6 cm³/mol. The van der Waals surface area contributed by atoms with Crippen LogP contribution in [-0.4, -0.2) is 16.3 Å². The number of rotatable bonds is 4. The molecule has 0 saturated carbocycles. The van der Waals surface area contributed by atoms with Gasteiger partial charge in [0.2, 0.25) is 0 Å². The summed E-state index contributed by atoms with van der Waals surface area (Å²) in [5, 5.41) is 8.84. The summed E-state index contributed by atoms with van der Waals surface area (Å²) in [4.78, 5) is 0. The maximum atomic E-state index is 8.84. The smallest absolute Gasteiger partial charge is 0.0995 e. The fourth-order valence-corrected chi connectivity index (χ4v) is 0.787. The van der Waals surface area contributed by atoms with Crippen molar-refractivity contribution in [2.45, 2.75) is 11.9 Å². The van der Waals surface area contributed by atoms with Gasteiger partial charge in [0, 0.05) is 5.75 Å². The lowest BCUT2D eigenvalue weighted by molar-refractivity contribution is 0.267. The Kier molecular flexibility index (Phi) is 5.22. The second-order valence-corrected chi connectivity index (χ2v) is 2.58. The zero-order valence-electron chi connectivity index (χ0n) is 4.84. The molecular weight excluding hydrogens is 120 g/mol. The second kappa shape index (κ2) is 5.19. The maximum Gasteiger partial charge on any atom is 0.0995 e. The fraction of sp³-hybridized carbons (Fsp3) is 0.500. The van der Waals surface area contributed by atoms with Gasteiger partial charge in [0.1, 0.15) is 0 Å². The number of hydrogen-bond donors (Lipinski definition) is 1. The Labute approximate surface area is 54.8 Å². The van der Waals surface area contributed by atoms with E-state index in [4.69, 9.17) is 5.11 Å². The summed E-state index contributed by atoms with van der Waals surface area (Å²) in [5.74, 6) is 0.802. The number of aliphatic hydroxyl groups is 1. The van der Waals surface area contributed by atoms with Crippen LogP contribution in [0.3, 0.4) is 0 Å².